The Morgan fingerprint density at radius 2 is 2.00 bits per heavy atom. The minimum absolute atomic E-state index is 0.613. The van der Waals surface area contributed by atoms with Gasteiger partial charge in [-0.25, -0.2) is 0 Å². The largest absolute Gasteiger partial charge is 0.462 e. The van der Waals surface area contributed by atoms with Gasteiger partial charge in [0.15, 0.2) is 5.58 Å². The fourth-order valence-corrected chi connectivity index (χ4v) is 2.47. The Morgan fingerprint density at radius 1 is 1.21 bits per heavy atom. The lowest BCUT2D eigenvalue weighted by Crippen LogP contribution is -2.46. The van der Waals surface area contributed by atoms with E-state index in [1.807, 2.05) is 18.2 Å². The first-order valence-corrected chi connectivity index (χ1v) is 6.18. The summed E-state index contributed by atoms with van der Waals surface area (Å²) in [5, 5.41) is 10.3. The van der Waals surface area contributed by atoms with Crippen molar-refractivity contribution in [2.75, 3.05) is 31.1 Å². The average Bonchev–Trinajstić information content (AvgIpc) is 2.94. The van der Waals surface area contributed by atoms with Crippen LogP contribution in [0.2, 0.25) is 0 Å². The van der Waals surface area contributed by atoms with Gasteiger partial charge in [0.25, 0.3) is 0 Å². The van der Waals surface area contributed by atoms with E-state index in [0.717, 1.165) is 23.1 Å². The number of furan rings is 1. The molecule has 19 heavy (non-hydrogen) atoms. The molecule has 1 aliphatic heterocycles. The highest BCUT2D eigenvalue weighted by atomic mass is 16.3. The molecule has 0 saturated carbocycles. The number of hydrogen-bond donors (Lipinski definition) is 0. The first-order chi connectivity index (χ1) is 9.33. The topological polar surface area (TPSA) is 60.5 Å². The molecule has 1 fully saturated rings. The van der Waals surface area contributed by atoms with Crippen molar-refractivity contribution in [3.8, 4) is 6.07 Å². The molecule has 2 heterocycles. The monoisotopic (exact) mass is 255 g/mol. The van der Waals surface area contributed by atoms with Gasteiger partial charge in [0.1, 0.15) is 6.07 Å². The highest BCUT2D eigenvalue weighted by Gasteiger charge is 2.21. The van der Waals surface area contributed by atoms with Crippen LogP contribution < -0.4 is 4.90 Å². The quantitative estimate of drug-likeness (QED) is 0.764. The number of nitrogens with zero attached hydrogens (tertiary/aromatic N) is 3. The smallest absolute Gasteiger partial charge is 0.209 e. The maximum absolute atomic E-state index is 10.7. The summed E-state index contributed by atoms with van der Waals surface area (Å²) in [7, 11) is 0. The third kappa shape index (κ3) is 1.91. The van der Waals surface area contributed by atoms with E-state index in [-0.39, 0.29) is 0 Å². The molecule has 0 radical (unpaired) electrons. The predicted octanol–water partition coefficient (Wildman–Crippen LogP) is 1.58. The number of benzene rings is 1. The van der Waals surface area contributed by atoms with E-state index >= 15 is 0 Å². The van der Waals surface area contributed by atoms with E-state index in [9.17, 15) is 10.1 Å². The van der Waals surface area contributed by atoms with Gasteiger partial charge in [-0.3, -0.25) is 4.79 Å². The van der Waals surface area contributed by atoms with Gasteiger partial charge in [-0.15, -0.1) is 0 Å². The molecule has 1 saturated heterocycles. The maximum atomic E-state index is 10.7. The Balaban J connectivity index is 2.02. The highest BCUT2D eigenvalue weighted by molar-refractivity contribution is 5.92. The Bertz CT molecular complexity index is 648. The number of amides is 1. The van der Waals surface area contributed by atoms with Crippen molar-refractivity contribution in [2.24, 2.45) is 0 Å². The van der Waals surface area contributed by atoms with Crippen molar-refractivity contribution in [3.63, 3.8) is 0 Å². The Morgan fingerprint density at radius 3 is 2.68 bits per heavy atom. The lowest BCUT2D eigenvalue weighted by Gasteiger charge is -2.34. The molecule has 0 spiro atoms. The molecular formula is C14H13N3O2. The number of fused-ring (bicyclic) bond motifs is 1. The molecular weight excluding hydrogens is 242 g/mol. The van der Waals surface area contributed by atoms with Crippen LogP contribution in [0.25, 0.3) is 11.0 Å². The van der Waals surface area contributed by atoms with Gasteiger partial charge in [0, 0.05) is 31.6 Å². The second-order valence-electron chi connectivity index (χ2n) is 4.54. The summed E-state index contributed by atoms with van der Waals surface area (Å²) < 4.78 is 5.52. The lowest BCUT2D eigenvalue weighted by atomic mass is 10.1. The van der Waals surface area contributed by atoms with Crippen molar-refractivity contribution in [1.29, 1.82) is 5.26 Å². The zero-order valence-corrected chi connectivity index (χ0v) is 10.4. The zero-order chi connectivity index (χ0) is 13.2. The van der Waals surface area contributed by atoms with Crippen LogP contribution in [0.4, 0.5) is 5.69 Å². The standard InChI is InChI=1S/C14H13N3O2/c15-9-12-2-1-11-3-8-19-14(11)13(12)17-6-4-16(10-18)5-7-17/h1-3,8,10H,4-7H2. The minimum Gasteiger partial charge on any atom is -0.462 e. The van der Waals surface area contributed by atoms with E-state index in [2.05, 4.69) is 11.0 Å². The van der Waals surface area contributed by atoms with Crippen LogP contribution in [0.5, 0.6) is 0 Å². The van der Waals surface area contributed by atoms with Gasteiger partial charge in [-0.1, -0.05) is 0 Å². The Hall–Kier alpha value is -2.48. The van der Waals surface area contributed by atoms with Crippen molar-refractivity contribution in [3.05, 3.63) is 30.0 Å². The number of nitriles is 1. The normalized spacial score (nSPS) is 15.5. The second-order valence-corrected chi connectivity index (χ2v) is 4.54. The van der Waals surface area contributed by atoms with Crippen LogP contribution in [0, 0.1) is 11.3 Å². The summed E-state index contributed by atoms with van der Waals surface area (Å²) in [5.74, 6) is 0. The number of carbonyl (C=O) groups excluding carboxylic acids is 1. The van der Waals surface area contributed by atoms with Gasteiger partial charge in [0.05, 0.1) is 17.5 Å². The van der Waals surface area contributed by atoms with Gasteiger partial charge in [-0.2, -0.15) is 5.26 Å². The summed E-state index contributed by atoms with van der Waals surface area (Å²) >= 11 is 0. The van der Waals surface area contributed by atoms with Gasteiger partial charge >= 0.3 is 0 Å². The maximum Gasteiger partial charge on any atom is 0.209 e. The molecule has 5 heteroatoms. The first kappa shape index (κ1) is 11.6. The van der Waals surface area contributed by atoms with E-state index in [0.29, 0.717) is 31.7 Å². The summed E-state index contributed by atoms with van der Waals surface area (Å²) in [6.07, 6.45) is 2.51. The highest BCUT2D eigenvalue weighted by Crippen LogP contribution is 2.32. The molecule has 0 bridgehead atoms. The van der Waals surface area contributed by atoms with Crippen LogP contribution in [0.3, 0.4) is 0 Å². The summed E-state index contributed by atoms with van der Waals surface area (Å²) in [6, 6.07) is 7.82. The molecule has 2 aromatic rings. The molecule has 0 N–H and O–H groups in total. The van der Waals surface area contributed by atoms with Gasteiger partial charge in [-0.05, 0) is 18.2 Å². The van der Waals surface area contributed by atoms with Crippen LogP contribution in [0.15, 0.2) is 28.9 Å². The summed E-state index contributed by atoms with van der Waals surface area (Å²) in [4.78, 5) is 14.6. The van der Waals surface area contributed by atoms with Crippen LogP contribution >= 0.6 is 0 Å². The minimum atomic E-state index is 0.613. The van der Waals surface area contributed by atoms with Crippen molar-refractivity contribution >= 4 is 23.1 Å². The molecule has 1 amide bonds. The molecule has 0 atom stereocenters. The van der Waals surface area contributed by atoms with Crippen molar-refractivity contribution in [1.82, 2.24) is 4.90 Å². The van der Waals surface area contributed by atoms with Gasteiger partial charge in [0.2, 0.25) is 6.41 Å². The lowest BCUT2D eigenvalue weighted by molar-refractivity contribution is -0.118. The van der Waals surface area contributed by atoms with E-state index < -0.39 is 0 Å². The van der Waals surface area contributed by atoms with Gasteiger partial charge < -0.3 is 14.2 Å². The number of piperazine rings is 1. The third-order valence-electron chi connectivity index (χ3n) is 3.50. The zero-order valence-electron chi connectivity index (χ0n) is 10.4. The molecule has 1 aromatic carbocycles. The molecule has 0 unspecified atom stereocenters. The van der Waals surface area contributed by atoms with E-state index in [1.54, 1.807) is 11.2 Å². The van der Waals surface area contributed by atoms with E-state index in [1.165, 1.54) is 0 Å². The molecule has 5 nitrogen and oxygen atoms in total. The number of hydrogen-bond acceptors (Lipinski definition) is 4. The third-order valence-corrected chi connectivity index (χ3v) is 3.50. The summed E-state index contributed by atoms with van der Waals surface area (Å²) in [6.45, 7) is 2.78. The average molecular weight is 255 g/mol. The summed E-state index contributed by atoms with van der Waals surface area (Å²) in [5.41, 5.74) is 2.20. The van der Waals surface area contributed by atoms with Crippen LogP contribution in [-0.2, 0) is 4.79 Å². The van der Waals surface area contributed by atoms with Crippen LogP contribution in [0.1, 0.15) is 5.56 Å². The SMILES string of the molecule is N#Cc1ccc2ccoc2c1N1CCN(C=O)CC1. The molecule has 96 valence electrons. The molecule has 1 aromatic heterocycles. The number of anilines is 1. The van der Waals surface area contributed by atoms with Crippen LogP contribution in [-0.4, -0.2) is 37.5 Å². The number of rotatable bonds is 2. The van der Waals surface area contributed by atoms with E-state index in [4.69, 9.17) is 4.42 Å². The second kappa shape index (κ2) is 4.65. The molecule has 1 aliphatic rings. The number of carbonyl (C=O) groups is 1. The van der Waals surface area contributed by atoms with Crippen molar-refractivity contribution < 1.29 is 9.21 Å². The Kier molecular flexibility index (Phi) is 2.84. The fourth-order valence-electron chi connectivity index (χ4n) is 2.47. The Labute approximate surface area is 110 Å². The molecule has 0 aliphatic carbocycles. The first-order valence-electron chi connectivity index (χ1n) is 6.18. The fraction of sp³-hybridized carbons (Fsp3) is 0.286. The predicted molar refractivity (Wildman–Crippen MR) is 70.8 cm³/mol. The molecule has 3 rings (SSSR count). The van der Waals surface area contributed by atoms with Crippen molar-refractivity contribution in [2.45, 2.75) is 0 Å².